The summed E-state index contributed by atoms with van der Waals surface area (Å²) < 4.78 is 47.6. The van der Waals surface area contributed by atoms with Crippen LogP contribution in [0.5, 0.6) is 5.75 Å². The van der Waals surface area contributed by atoms with Crippen molar-refractivity contribution in [1.82, 2.24) is 15.1 Å². The van der Waals surface area contributed by atoms with Gasteiger partial charge in [0.05, 0.1) is 13.0 Å². The van der Waals surface area contributed by atoms with E-state index in [9.17, 15) is 18.0 Å². The molecule has 0 radical (unpaired) electrons. The SMILES string of the molecule is COc1cccc(C(=O)N2CCCC(c3nnc(C(F)(F)F)o3)C2)c1. The minimum Gasteiger partial charge on any atom is -0.497 e. The Morgan fingerprint density at radius 3 is 2.84 bits per heavy atom. The summed E-state index contributed by atoms with van der Waals surface area (Å²) in [5.74, 6) is -1.51. The van der Waals surface area contributed by atoms with E-state index in [1.165, 1.54) is 7.11 Å². The van der Waals surface area contributed by atoms with E-state index in [1.807, 2.05) is 0 Å². The summed E-state index contributed by atoms with van der Waals surface area (Å²) in [5.41, 5.74) is 0.460. The Labute approximate surface area is 141 Å². The van der Waals surface area contributed by atoms with Crippen LogP contribution in [0.15, 0.2) is 28.7 Å². The standard InChI is InChI=1S/C16H16F3N3O3/c1-24-12-6-2-4-10(8-12)14(23)22-7-3-5-11(9-22)13-20-21-15(25-13)16(17,18)19/h2,4,6,8,11H,3,5,7,9H2,1H3. The molecule has 1 atom stereocenters. The molecule has 1 amide bonds. The fraction of sp³-hybridized carbons (Fsp3) is 0.438. The summed E-state index contributed by atoms with van der Waals surface area (Å²) in [7, 11) is 1.51. The number of benzene rings is 1. The third kappa shape index (κ3) is 3.75. The lowest BCUT2D eigenvalue weighted by Crippen LogP contribution is -2.39. The number of piperidine rings is 1. The predicted molar refractivity (Wildman–Crippen MR) is 80.2 cm³/mol. The van der Waals surface area contributed by atoms with E-state index in [2.05, 4.69) is 10.2 Å². The Hall–Kier alpha value is -2.58. The molecule has 0 aliphatic carbocycles. The van der Waals surface area contributed by atoms with E-state index in [0.29, 0.717) is 30.7 Å². The van der Waals surface area contributed by atoms with Crippen molar-refractivity contribution in [2.45, 2.75) is 24.9 Å². The van der Waals surface area contributed by atoms with Gasteiger partial charge in [-0.25, -0.2) is 0 Å². The zero-order valence-electron chi connectivity index (χ0n) is 13.4. The van der Waals surface area contributed by atoms with E-state index in [-0.39, 0.29) is 18.3 Å². The van der Waals surface area contributed by atoms with Crippen molar-refractivity contribution >= 4 is 5.91 Å². The molecule has 1 unspecified atom stereocenters. The summed E-state index contributed by atoms with van der Waals surface area (Å²) in [5, 5.41) is 6.56. The summed E-state index contributed by atoms with van der Waals surface area (Å²) >= 11 is 0. The van der Waals surface area contributed by atoms with Gasteiger partial charge in [-0.3, -0.25) is 4.79 Å². The average Bonchev–Trinajstić information content (AvgIpc) is 3.12. The molecule has 1 aromatic heterocycles. The number of carbonyl (C=O) groups excluding carboxylic acids is 1. The van der Waals surface area contributed by atoms with Crippen LogP contribution in [0, 0.1) is 0 Å². The molecule has 0 N–H and O–H groups in total. The highest BCUT2D eigenvalue weighted by Crippen LogP contribution is 2.32. The smallest absolute Gasteiger partial charge is 0.470 e. The molecule has 134 valence electrons. The Kier molecular flexibility index (Phi) is 4.65. The molecular weight excluding hydrogens is 339 g/mol. The first-order valence-corrected chi connectivity index (χ1v) is 7.72. The highest BCUT2D eigenvalue weighted by atomic mass is 19.4. The molecule has 0 saturated carbocycles. The number of amides is 1. The van der Waals surface area contributed by atoms with Gasteiger partial charge in [0.2, 0.25) is 5.89 Å². The molecule has 9 heteroatoms. The van der Waals surface area contributed by atoms with Crippen molar-refractivity contribution in [3.63, 3.8) is 0 Å². The zero-order chi connectivity index (χ0) is 18.0. The molecule has 0 bridgehead atoms. The van der Waals surface area contributed by atoms with Crippen molar-refractivity contribution in [3.05, 3.63) is 41.6 Å². The fourth-order valence-corrected chi connectivity index (χ4v) is 2.82. The van der Waals surface area contributed by atoms with Gasteiger partial charge in [0.25, 0.3) is 5.91 Å². The van der Waals surface area contributed by atoms with Gasteiger partial charge in [-0.15, -0.1) is 10.2 Å². The maximum absolute atomic E-state index is 12.6. The average molecular weight is 355 g/mol. The number of ether oxygens (including phenoxy) is 1. The number of aromatic nitrogens is 2. The summed E-state index contributed by atoms with van der Waals surface area (Å²) in [4.78, 5) is 14.2. The summed E-state index contributed by atoms with van der Waals surface area (Å²) in [6.45, 7) is 0.752. The van der Waals surface area contributed by atoms with Gasteiger partial charge in [-0.05, 0) is 31.0 Å². The lowest BCUT2D eigenvalue weighted by Gasteiger charge is -2.31. The molecule has 3 rings (SSSR count). The number of carbonyl (C=O) groups is 1. The van der Waals surface area contributed by atoms with E-state index >= 15 is 0 Å². The van der Waals surface area contributed by atoms with Gasteiger partial charge in [0, 0.05) is 18.7 Å². The fourth-order valence-electron chi connectivity index (χ4n) is 2.82. The molecule has 1 aliphatic rings. The highest BCUT2D eigenvalue weighted by Gasteiger charge is 2.39. The van der Waals surface area contributed by atoms with Crippen molar-refractivity contribution in [1.29, 1.82) is 0 Å². The van der Waals surface area contributed by atoms with Crippen LogP contribution >= 0.6 is 0 Å². The monoisotopic (exact) mass is 355 g/mol. The van der Waals surface area contributed by atoms with E-state index in [1.54, 1.807) is 29.2 Å². The summed E-state index contributed by atoms with van der Waals surface area (Å²) in [6.07, 6.45) is -3.44. The van der Waals surface area contributed by atoms with Crippen LogP contribution in [0.1, 0.15) is 40.9 Å². The van der Waals surface area contributed by atoms with E-state index < -0.39 is 18.0 Å². The van der Waals surface area contributed by atoms with Crippen LogP contribution < -0.4 is 4.74 Å². The van der Waals surface area contributed by atoms with Crippen LogP contribution in [0.2, 0.25) is 0 Å². The second kappa shape index (κ2) is 6.73. The first-order valence-electron chi connectivity index (χ1n) is 7.72. The first-order chi connectivity index (χ1) is 11.9. The number of halogens is 3. The second-order valence-electron chi connectivity index (χ2n) is 5.77. The summed E-state index contributed by atoms with van der Waals surface area (Å²) in [6, 6.07) is 6.73. The van der Waals surface area contributed by atoms with Crippen LogP contribution in [-0.2, 0) is 6.18 Å². The number of alkyl halides is 3. The lowest BCUT2D eigenvalue weighted by molar-refractivity contribution is -0.157. The Bertz CT molecular complexity index is 760. The number of hydrogen-bond acceptors (Lipinski definition) is 5. The van der Waals surface area contributed by atoms with E-state index in [0.717, 1.165) is 0 Å². The van der Waals surface area contributed by atoms with Crippen molar-refractivity contribution in [2.24, 2.45) is 0 Å². The minimum atomic E-state index is -4.67. The topological polar surface area (TPSA) is 68.5 Å². The zero-order valence-corrected chi connectivity index (χ0v) is 13.4. The Morgan fingerprint density at radius 1 is 1.36 bits per heavy atom. The molecular formula is C16H16F3N3O3. The van der Waals surface area contributed by atoms with E-state index in [4.69, 9.17) is 9.15 Å². The number of hydrogen-bond donors (Lipinski definition) is 0. The third-order valence-electron chi connectivity index (χ3n) is 4.06. The van der Waals surface area contributed by atoms with Gasteiger partial charge in [0.1, 0.15) is 5.75 Å². The van der Waals surface area contributed by atoms with Crippen molar-refractivity contribution in [3.8, 4) is 5.75 Å². The van der Waals surface area contributed by atoms with Gasteiger partial charge in [0.15, 0.2) is 0 Å². The molecule has 2 heterocycles. The molecule has 0 spiro atoms. The molecule has 1 fully saturated rings. The van der Waals surface area contributed by atoms with Gasteiger partial charge < -0.3 is 14.1 Å². The van der Waals surface area contributed by atoms with Gasteiger partial charge >= 0.3 is 12.1 Å². The quantitative estimate of drug-likeness (QED) is 0.846. The van der Waals surface area contributed by atoms with Crippen molar-refractivity contribution in [2.75, 3.05) is 20.2 Å². The number of nitrogens with zero attached hydrogens (tertiary/aromatic N) is 3. The normalized spacial score (nSPS) is 18.2. The second-order valence-corrected chi connectivity index (χ2v) is 5.77. The largest absolute Gasteiger partial charge is 0.497 e. The Morgan fingerprint density at radius 2 is 2.16 bits per heavy atom. The van der Waals surface area contributed by atoms with Gasteiger partial charge in [-0.1, -0.05) is 6.07 Å². The number of likely N-dealkylation sites (tertiary alicyclic amines) is 1. The third-order valence-corrected chi connectivity index (χ3v) is 4.06. The molecule has 2 aromatic rings. The molecule has 25 heavy (non-hydrogen) atoms. The predicted octanol–water partition coefficient (Wildman–Crippen LogP) is 3.12. The molecule has 1 aliphatic heterocycles. The maximum Gasteiger partial charge on any atom is 0.470 e. The molecule has 6 nitrogen and oxygen atoms in total. The van der Waals surface area contributed by atoms with Gasteiger partial charge in [-0.2, -0.15) is 13.2 Å². The van der Waals surface area contributed by atoms with Crippen LogP contribution in [0.4, 0.5) is 13.2 Å². The number of rotatable bonds is 3. The molecule has 1 aromatic carbocycles. The van der Waals surface area contributed by atoms with Crippen LogP contribution in [0.3, 0.4) is 0 Å². The van der Waals surface area contributed by atoms with Crippen LogP contribution in [0.25, 0.3) is 0 Å². The maximum atomic E-state index is 12.6. The van der Waals surface area contributed by atoms with Crippen molar-refractivity contribution < 1.29 is 27.1 Å². The highest BCUT2D eigenvalue weighted by molar-refractivity contribution is 5.94. The Balaban J connectivity index is 1.74. The minimum absolute atomic E-state index is 0.0875. The van der Waals surface area contributed by atoms with Crippen LogP contribution in [-0.4, -0.2) is 41.2 Å². The lowest BCUT2D eigenvalue weighted by atomic mass is 9.97. The number of methoxy groups -OCH3 is 1. The molecule has 1 saturated heterocycles. The first kappa shape index (κ1) is 17.2.